The van der Waals surface area contributed by atoms with E-state index in [2.05, 4.69) is 16.8 Å². The molecular weight excluding hydrogens is 252 g/mol. The van der Waals surface area contributed by atoms with Crippen molar-refractivity contribution in [3.8, 4) is 0 Å². The summed E-state index contributed by atoms with van der Waals surface area (Å²) in [5.41, 5.74) is 1.81. The third-order valence-corrected chi connectivity index (χ3v) is 3.94. The first-order valence-corrected chi connectivity index (χ1v) is 7.21. The van der Waals surface area contributed by atoms with Crippen LogP contribution >= 0.6 is 0 Å². The molecule has 1 aromatic heterocycles. The molecule has 1 unspecified atom stereocenters. The fraction of sp³-hybridized carbons (Fsp3) is 0.438. The molecule has 3 rings (SSSR count). The van der Waals surface area contributed by atoms with Gasteiger partial charge >= 0.3 is 0 Å². The Labute approximate surface area is 118 Å². The van der Waals surface area contributed by atoms with E-state index in [0.29, 0.717) is 6.54 Å². The first-order valence-electron chi connectivity index (χ1n) is 7.21. The van der Waals surface area contributed by atoms with Crippen LogP contribution in [0.15, 0.2) is 30.5 Å². The van der Waals surface area contributed by atoms with Gasteiger partial charge in [-0.25, -0.2) is 0 Å². The summed E-state index contributed by atoms with van der Waals surface area (Å²) in [7, 11) is 0. The maximum atomic E-state index is 12.5. The van der Waals surface area contributed by atoms with Crippen LogP contribution in [-0.2, 0) is 4.74 Å². The number of carbonyl (C=O) groups excluding carboxylic acids is 1. The maximum Gasteiger partial charge on any atom is 0.178 e. The van der Waals surface area contributed by atoms with E-state index < -0.39 is 0 Å². The zero-order valence-corrected chi connectivity index (χ0v) is 11.8. The number of Topliss-reactive ketones (excluding diaryl/α,β-unsaturated/α-hetero) is 1. The second-order valence-corrected chi connectivity index (χ2v) is 5.31. The van der Waals surface area contributed by atoms with Crippen LogP contribution in [0.1, 0.15) is 23.7 Å². The zero-order chi connectivity index (χ0) is 13.9. The third kappa shape index (κ3) is 2.62. The van der Waals surface area contributed by atoms with E-state index in [-0.39, 0.29) is 11.9 Å². The van der Waals surface area contributed by atoms with Crippen LogP contribution in [0, 0.1) is 0 Å². The van der Waals surface area contributed by atoms with Crippen LogP contribution in [0.2, 0.25) is 0 Å². The molecule has 20 heavy (non-hydrogen) atoms. The van der Waals surface area contributed by atoms with Gasteiger partial charge < -0.3 is 9.72 Å². The first kappa shape index (κ1) is 13.3. The van der Waals surface area contributed by atoms with Gasteiger partial charge in [-0.05, 0) is 12.5 Å². The molecule has 4 heteroatoms. The van der Waals surface area contributed by atoms with Gasteiger partial charge in [0.15, 0.2) is 5.78 Å². The molecule has 0 radical (unpaired) electrons. The highest BCUT2D eigenvalue weighted by molar-refractivity contribution is 6.08. The topological polar surface area (TPSA) is 45.3 Å². The number of nitrogens with one attached hydrogen (secondary N) is 1. The van der Waals surface area contributed by atoms with Crippen molar-refractivity contribution in [1.29, 1.82) is 0 Å². The Bertz CT molecular complexity index is 605. The Hall–Kier alpha value is -1.65. The molecule has 1 aromatic carbocycles. The van der Waals surface area contributed by atoms with E-state index in [9.17, 15) is 4.79 Å². The van der Waals surface area contributed by atoms with E-state index in [0.717, 1.165) is 42.6 Å². The summed E-state index contributed by atoms with van der Waals surface area (Å²) < 4.78 is 5.64. The second-order valence-electron chi connectivity index (χ2n) is 5.31. The predicted molar refractivity (Wildman–Crippen MR) is 79.1 cm³/mol. The number of ether oxygens (including phenoxy) is 1. The molecule has 4 nitrogen and oxygen atoms in total. The molecule has 1 aliphatic rings. The lowest BCUT2D eigenvalue weighted by Gasteiger charge is -2.31. The normalized spacial score (nSPS) is 20.4. The number of nitrogens with zero attached hydrogens (tertiary/aromatic N) is 1. The Balaban J connectivity index is 1.73. The molecule has 2 heterocycles. The summed E-state index contributed by atoms with van der Waals surface area (Å²) in [6.07, 6.45) is 3.09. The molecule has 0 amide bonds. The molecular formula is C16H20N2O2. The summed E-state index contributed by atoms with van der Waals surface area (Å²) in [6.45, 7) is 5.01. The molecule has 1 fully saturated rings. The van der Waals surface area contributed by atoms with E-state index >= 15 is 0 Å². The van der Waals surface area contributed by atoms with Crippen LogP contribution in [0.5, 0.6) is 0 Å². The smallest absolute Gasteiger partial charge is 0.178 e. The third-order valence-electron chi connectivity index (χ3n) is 3.94. The van der Waals surface area contributed by atoms with Crippen molar-refractivity contribution in [3.63, 3.8) is 0 Å². The largest absolute Gasteiger partial charge is 0.376 e. The molecule has 1 aliphatic heterocycles. The minimum atomic E-state index is 0.180. The second kappa shape index (κ2) is 5.77. The molecule has 0 bridgehead atoms. The number of morpholine rings is 1. The minimum absolute atomic E-state index is 0.180. The number of hydrogen-bond acceptors (Lipinski definition) is 3. The first-order chi connectivity index (χ1) is 9.78. The number of hydrogen-bond donors (Lipinski definition) is 1. The lowest BCUT2D eigenvalue weighted by atomic mass is 10.1. The number of aromatic amines is 1. The molecule has 0 saturated carbocycles. The average molecular weight is 272 g/mol. The van der Waals surface area contributed by atoms with E-state index in [1.54, 1.807) is 0 Å². The number of para-hydroxylation sites is 1. The highest BCUT2D eigenvalue weighted by atomic mass is 16.5. The van der Waals surface area contributed by atoms with Crippen molar-refractivity contribution in [2.75, 3.05) is 26.2 Å². The molecule has 0 spiro atoms. The van der Waals surface area contributed by atoms with Crippen LogP contribution in [-0.4, -0.2) is 48.0 Å². The predicted octanol–water partition coefficient (Wildman–Crippen LogP) is 2.46. The Morgan fingerprint density at radius 3 is 3.15 bits per heavy atom. The number of ketones is 1. The van der Waals surface area contributed by atoms with Crippen LogP contribution in [0.3, 0.4) is 0 Å². The van der Waals surface area contributed by atoms with Crippen LogP contribution < -0.4 is 0 Å². The molecule has 0 aliphatic carbocycles. The molecule has 1 saturated heterocycles. The van der Waals surface area contributed by atoms with Crippen molar-refractivity contribution >= 4 is 16.7 Å². The molecule has 1 N–H and O–H groups in total. The van der Waals surface area contributed by atoms with Gasteiger partial charge in [0.1, 0.15) is 0 Å². The van der Waals surface area contributed by atoms with Gasteiger partial charge in [0.25, 0.3) is 0 Å². The van der Waals surface area contributed by atoms with Crippen LogP contribution in [0.4, 0.5) is 0 Å². The standard InChI is InChI=1S/C16H20N2O2/c1-2-12-10-18(7-8-20-12)11-16(19)14-9-17-15-6-4-3-5-13(14)15/h3-6,9,12,17H,2,7-8,10-11H2,1H3. The van der Waals surface area contributed by atoms with Crippen molar-refractivity contribution in [1.82, 2.24) is 9.88 Å². The van der Waals surface area contributed by atoms with E-state index in [1.807, 2.05) is 30.5 Å². The van der Waals surface area contributed by atoms with Crippen molar-refractivity contribution in [2.24, 2.45) is 0 Å². The maximum absolute atomic E-state index is 12.5. The summed E-state index contributed by atoms with van der Waals surface area (Å²) in [6, 6.07) is 7.93. The quantitative estimate of drug-likeness (QED) is 0.870. The molecule has 1 atom stereocenters. The summed E-state index contributed by atoms with van der Waals surface area (Å²) in [5, 5.41) is 1.01. The Kier molecular flexibility index (Phi) is 3.85. The van der Waals surface area contributed by atoms with Crippen LogP contribution in [0.25, 0.3) is 10.9 Å². The van der Waals surface area contributed by atoms with Gasteiger partial charge in [0.05, 0.1) is 19.3 Å². The average Bonchev–Trinajstić information content (AvgIpc) is 2.91. The lowest BCUT2D eigenvalue weighted by molar-refractivity contribution is -0.0271. The van der Waals surface area contributed by atoms with Gasteiger partial charge in [0.2, 0.25) is 0 Å². The lowest BCUT2D eigenvalue weighted by Crippen LogP contribution is -2.44. The summed E-state index contributed by atoms with van der Waals surface area (Å²) in [5.74, 6) is 0.180. The summed E-state index contributed by atoms with van der Waals surface area (Å²) in [4.78, 5) is 17.8. The number of H-pyrrole nitrogens is 1. The SMILES string of the molecule is CCC1CN(CC(=O)c2c[nH]c3ccccc23)CCO1. The van der Waals surface area contributed by atoms with Crippen molar-refractivity contribution in [3.05, 3.63) is 36.0 Å². The summed E-state index contributed by atoms with van der Waals surface area (Å²) >= 11 is 0. The van der Waals surface area contributed by atoms with E-state index in [4.69, 9.17) is 4.74 Å². The van der Waals surface area contributed by atoms with Gasteiger partial charge in [0, 0.05) is 35.8 Å². The Morgan fingerprint density at radius 2 is 2.30 bits per heavy atom. The minimum Gasteiger partial charge on any atom is -0.376 e. The number of aromatic nitrogens is 1. The van der Waals surface area contributed by atoms with Crippen molar-refractivity contribution in [2.45, 2.75) is 19.4 Å². The van der Waals surface area contributed by atoms with Gasteiger partial charge in [-0.15, -0.1) is 0 Å². The highest BCUT2D eigenvalue weighted by Gasteiger charge is 2.22. The Morgan fingerprint density at radius 1 is 1.45 bits per heavy atom. The molecule has 106 valence electrons. The fourth-order valence-corrected chi connectivity index (χ4v) is 2.76. The van der Waals surface area contributed by atoms with Gasteiger partial charge in [-0.2, -0.15) is 0 Å². The fourth-order valence-electron chi connectivity index (χ4n) is 2.76. The highest BCUT2D eigenvalue weighted by Crippen LogP contribution is 2.19. The monoisotopic (exact) mass is 272 g/mol. The number of carbonyl (C=O) groups is 1. The number of rotatable bonds is 4. The number of fused-ring (bicyclic) bond motifs is 1. The van der Waals surface area contributed by atoms with E-state index in [1.165, 1.54) is 0 Å². The van der Waals surface area contributed by atoms with Crippen molar-refractivity contribution < 1.29 is 9.53 Å². The zero-order valence-electron chi connectivity index (χ0n) is 11.8. The molecule has 2 aromatic rings. The van der Waals surface area contributed by atoms with Gasteiger partial charge in [-0.1, -0.05) is 25.1 Å². The van der Waals surface area contributed by atoms with Gasteiger partial charge in [-0.3, -0.25) is 9.69 Å². The number of benzene rings is 1.